The van der Waals surface area contributed by atoms with Gasteiger partial charge in [0.05, 0.1) is 7.11 Å². The number of piperazine rings is 1. The summed E-state index contributed by atoms with van der Waals surface area (Å²) < 4.78 is 5.56. The molecule has 1 aliphatic carbocycles. The van der Waals surface area contributed by atoms with Crippen LogP contribution in [0.4, 0.5) is 0 Å². The maximum absolute atomic E-state index is 5.56. The average Bonchev–Trinajstić information content (AvgIpc) is 2.67. The highest BCUT2D eigenvalue weighted by molar-refractivity contribution is 5.37. The van der Waals surface area contributed by atoms with E-state index in [0.717, 1.165) is 24.8 Å². The third-order valence-electron chi connectivity index (χ3n) is 7.06. The minimum Gasteiger partial charge on any atom is -0.496 e. The maximum atomic E-state index is 5.56. The molecule has 4 rings (SSSR count). The molecule has 26 heavy (non-hydrogen) atoms. The summed E-state index contributed by atoms with van der Waals surface area (Å²) in [5.41, 5.74) is 3.38. The molecule has 4 heteroatoms. The van der Waals surface area contributed by atoms with Crippen molar-refractivity contribution in [2.24, 2.45) is 5.41 Å². The van der Waals surface area contributed by atoms with E-state index in [2.05, 4.69) is 40.2 Å². The van der Waals surface area contributed by atoms with E-state index in [-0.39, 0.29) is 0 Å². The third-order valence-corrected chi connectivity index (χ3v) is 7.06. The quantitative estimate of drug-likeness (QED) is 0.877. The molecule has 2 aliphatic heterocycles. The molecule has 0 radical (unpaired) electrons. The average molecular weight is 358 g/mol. The Bertz CT molecular complexity index is 595. The molecule has 144 valence electrons. The Morgan fingerprint density at radius 1 is 1.12 bits per heavy atom. The molecule has 3 fully saturated rings. The number of methoxy groups -OCH3 is 1. The van der Waals surface area contributed by atoms with Crippen molar-refractivity contribution < 1.29 is 4.74 Å². The second-order valence-corrected chi connectivity index (χ2v) is 8.62. The summed E-state index contributed by atoms with van der Waals surface area (Å²) in [4.78, 5) is 5.38. The van der Waals surface area contributed by atoms with Gasteiger partial charge >= 0.3 is 0 Å². The molecule has 2 heterocycles. The Balaban J connectivity index is 1.25. The molecule has 0 aromatic heterocycles. The van der Waals surface area contributed by atoms with Gasteiger partial charge in [0.2, 0.25) is 0 Å². The Morgan fingerprint density at radius 2 is 1.85 bits per heavy atom. The Morgan fingerprint density at radius 3 is 2.50 bits per heavy atom. The van der Waals surface area contributed by atoms with Gasteiger partial charge in [0.25, 0.3) is 0 Å². The number of nitrogens with zero attached hydrogens (tertiary/aromatic N) is 2. The SMILES string of the molecule is CCc1ccc(CN2CCN(C3CC4(CCNCC4)C3)CC2)cc1OC. The Labute approximate surface area is 158 Å². The zero-order valence-electron chi connectivity index (χ0n) is 16.6. The van der Waals surface area contributed by atoms with Gasteiger partial charge in [0.1, 0.15) is 5.75 Å². The second-order valence-electron chi connectivity index (χ2n) is 8.62. The van der Waals surface area contributed by atoms with Gasteiger partial charge in [-0.3, -0.25) is 9.80 Å². The zero-order valence-corrected chi connectivity index (χ0v) is 16.6. The van der Waals surface area contributed by atoms with Crippen molar-refractivity contribution in [3.8, 4) is 5.75 Å². The van der Waals surface area contributed by atoms with Gasteiger partial charge in [0, 0.05) is 38.8 Å². The third kappa shape index (κ3) is 3.78. The number of ether oxygens (including phenoxy) is 1. The van der Waals surface area contributed by atoms with Crippen LogP contribution in [-0.4, -0.2) is 62.2 Å². The first-order chi connectivity index (χ1) is 12.7. The zero-order chi connectivity index (χ0) is 18.0. The van der Waals surface area contributed by atoms with Crippen LogP contribution >= 0.6 is 0 Å². The van der Waals surface area contributed by atoms with Crippen LogP contribution in [0, 0.1) is 5.41 Å². The first-order valence-corrected chi connectivity index (χ1v) is 10.5. The molecular formula is C22H35N3O. The first kappa shape index (κ1) is 18.3. The minimum atomic E-state index is 0.699. The smallest absolute Gasteiger partial charge is 0.122 e. The fourth-order valence-electron chi connectivity index (χ4n) is 5.29. The van der Waals surface area contributed by atoms with Gasteiger partial charge < -0.3 is 10.1 Å². The van der Waals surface area contributed by atoms with Crippen LogP contribution in [0.15, 0.2) is 18.2 Å². The molecule has 0 amide bonds. The van der Waals surface area contributed by atoms with Crippen LogP contribution in [0.25, 0.3) is 0 Å². The molecule has 2 saturated heterocycles. The molecule has 1 N–H and O–H groups in total. The number of rotatable bonds is 5. The molecule has 3 aliphatic rings. The van der Waals surface area contributed by atoms with E-state index in [0.29, 0.717) is 5.41 Å². The Hall–Kier alpha value is -1.10. The van der Waals surface area contributed by atoms with Gasteiger partial charge in [-0.1, -0.05) is 19.1 Å². The van der Waals surface area contributed by atoms with Gasteiger partial charge in [-0.05, 0) is 67.8 Å². The van der Waals surface area contributed by atoms with Crippen molar-refractivity contribution >= 4 is 0 Å². The molecule has 1 spiro atoms. The molecule has 0 bridgehead atoms. The van der Waals surface area contributed by atoms with E-state index in [1.807, 2.05) is 0 Å². The summed E-state index contributed by atoms with van der Waals surface area (Å²) in [6, 6.07) is 7.61. The van der Waals surface area contributed by atoms with Crippen molar-refractivity contribution in [1.29, 1.82) is 0 Å². The fraction of sp³-hybridized carbons (Fsp3) is 0.727. The molecular weight excluding hydrogens is 322 g/mol. The fourth-order valence-corrected chi connectivity index (χ4v) is 5.29. The lowest BCUT2D eigenvalue weighted by molar-refractivity contribution is -0.0386. The summed E-state index contributed by atoms with van der Waals surface area (Å²) in [5.74, 6) is 1.05. The minimum absolute atomic E-state index is 0.699. The first-order valence-electron chi connectivity index (χ1n) is 10.5. The van der Waals surface area contributed by atoms with Crippen LogP contribution in [0.1, 0.15) is 43.7 Å². The van der Waals surface area contributed by atoms with E-state index < -0.39 is 0 Å². The van der Waals surface area contributed by atoms with Gasteiger partial charge in [0.15, 0.2) is 0 Å². The highest BCUT2D eigenvalue weighted by atomic mass is 16.5. The highest BCUT2D eigenvalue weighted by Gasteiger charge is 2.46. The molecule has 1 aromatic carbocycles. The monoisotopic (exact) mass is 357 g/mol. The molecule has 0 atom stereocenters. The number of hydrogen-bond acceptors (Lipinski definition) is 4. The number of benzene rings is 1. The van der Waals surface area contributed by atoms with Crippen molar-refractivity contribution in [2.45, 2.75) is 51.6 Å². The van der Waals surface area contributed by atoms with E-state index in [9.17, 15) is 0 Å². The van der Waals surface area contributed by atoms with E-state index in [1.54, 1.807) is 7.11 Å². The predicted octanol–water partition coefficient (Wildman–Crippen LogP) is 2.91. The standard InChI is InChI=1S/C22H35N3O/c1-3-19-5-4-18(14-21(19)26-2)17-24-10-12-25(13-11-24)20-15-22(16-20)6-8-23-9-7-22/h4-5,14,20,23H,3,6-13,15-17H2,1-2H3. The summed E-state index contributed by atoms with van der Waals surface area (Å²) in [7, 11) is 1.78. The van der Waals surface area contributed by atoms with Crippen LogP contribution in [0.3, 0.4) is 0 Å². The number of nitrogens with one attached hydrogen (secondary N) is 1. The van der Waals surface area contributed by atoms with E-state index in [1.165, 1.54) is 76.1 Å². The number of hydrogen-bond donors (Lipinski definition) is 1. The van der Waals surface area contributed by atoms with Gasteiger partial charge in [-0.25, -0.2) is 0 Å². The second kappa shape index (κ2) is 7.87. The van der Waals surface area contributed by atoms with Crippen molar-refractivity contribution in [1.82, 2.24) is 15.1 Å². The lowest BCUT2D eigenvalue weighted by Gasteiger charge is -2.55. The van der Waals surface area contributed by atoms with Crippen molar-refractivity contribution in [3.05, 3.63) is 29.3 Å². The van der Waals surface area contributed by atoms with Crippen LogP contribution < -0.4 is 10.1 Å². The molecule has 0 unspecified atom stereocenters. The lowest BCUT2D eigenvalue weighted by atomic mass is 9.60. The molecule has 4 nitrogen and oxygen atoms in total. The lowest BCUT2D eigenvalue weighted by Crippen LogP contribution is -2.58. The van der Waals surface area contributed by atoms with Gasteiger partial charge in [-0.2, -0.15) is 0 Å². The maximum Gasteiger partial charge on any atom is 0.122 e. The van der Waals surface area contributed by atoms with E-state index in [4.69, 9.17) is 4.74 Å². The van der Waals surface area contributed by atoms with Crippen molar-refractivity contribution in [2.75, 3.05) is 46.4 Å². The summed E-state index contributed by atoms with van der Waals surface area (Å²) >= 11 is 0. The molecule has 1 saturated carbocycles. The highest BCUT2D eigenvalue weighted by Crippen LogP contribution is 2.49. The van der Waals surface area contributed by atoms with Crippen LogP contribution in [0.5, 0.6) is 5.75 Å². The summed E-state index contributed by atoms with van der Waals surface area (Å²) in [6.07, 6.45) is 6.73. The normalized spacial score (nSPS) is 24.5. The Kier molecular flexibility index (Phi) is 5.53. The number of aryl methyl sites for hydroxylation is 1. The summed E-state index contributed by atoms with van der Waals surface area (Å²) in [6.45, 7) is 10.6. The van der Waals surface area contributed by atoms with Crippen LogP contribution in [-0.2, 0) is 13.0 Å². The molecule has 1 aromatic rings. The topological polar surface area (TPSA) is 27.7 Å². The summed E-state index contributed by atoms with van der Waals surface area (Å²) in [5, 5.41) is 3.52. The van der Waals surface area contributed by atoms with Crippen LogP contribution in [0.2, 0.25) is 0 Å². The van der Waals surface area contributed by atoms with E-state index >= 15 is 0 Å². The largest absolute Gasteiger partial charge is 0.496 e. The predicted molar refractivity (Wildman–Crippen MR) is 107 cm³/mol. The number of piperidine rings is 1. The van der Waals surface area contributed by atoms with Gasteiger partial charge in [-0.15, -0.1) is 0 Å². The van der Waals surface area contributed by atoms with Crippen molar-refractivity contribution in [3.63, 3.8) is 0 Å².